The second kappa shape index (κ2) is 7.81. The Hall–Kier alpha value is -1.53. The summed E-state index contributed by atoms with van der Waals surface area (Å²) in [6.45, 7) is 0. The molecule has 0 aliphatic heterocycles. The molecule has 0 radical (unpaired) electrons. The summed E-state index contributed by atoms with van der Waals surface area (Å²) < 4.78 is 4.54. The van der Waals surface area contributed by atoms with Crippen molar-refractivity contribution in [1.29, 1.82) is 0 Å². The molecule has 1 unspecified atom stereocenters. The summed E-state index contributed by atoms with van der Waals surface area (Å²) in [5.74, 6) is 0.669. The number of benzene rings is 1. The summed E-state index contributed by atoms with van der Waals surface area (Å²) in [6.07, 6.45) is 0.562. The van der Waals surface area contributed by atoms with Gasteiger partial charge < -0.3 is 16.2 Å². The Labute approximate surface area is 116 Å². The Morgan fingerprint density at radius 1 is 1.42 bits per heavy atom. The maximum Gasteiger partial charge on any atom is 0.322 e. The molecule has 1 aromatic carbocycles. The van der Waals surface area contributed by atoms with E-state index in [0.29, 0.717) is 12.0 Å². The maximum absolute atomic E-state index is 11.1. The zero-order chi connectivity index (χ0) is 14.3. The van der Waals surface area contributed by atoms with E-state index in [0.717, 1.165) is 17.1 Å². The molecule has 4 N–H and O–H groups in total. The van der Waals surface area contributed by atoms with Gasteiger partial charge in [0.1, 0.15) is 6.04 Å². The number of hydrogen-bond donors (Lipinski definition) is 2. The lowest BCUT2D eigenvalue weighted by Gasteiger charge is -2.08. The average molecular weight is 282 g/mol. The van der Waals surface area contributed by atoms with Gasteiger partial charge in [-0.25, -0.2) is 0 Å². The number of hydrogen-bond acceptors (Lipinski definition) is 5. The van der Waals surface area contributed by atoms with Gasteiger partial charge in [-0.3, -0.25) is 9.59 Å². The van der Waals surface area contributed by atoms with Gasteiger partial charge in [0.15, 0.2) is 0 Å². The highest BCUT2D eigenvalue weighted by molar-refractivity contribution is 7.98. The van der Waals surface area contributed by atoms with Gasteiger partial charge in [0.2, 0.25) is 5.91 Å². The highest BCUT2D eigenvalue weighted by Crippen LogP contribution is 2.15. The summed E-state index contributed by atoms with van der Waals surface area (Å²) in [5.41, 5.74) is 12.4. The molecular formula is C13H18N2O3S. The number of primary amides is 1. The third-order valence-electron chi connectivity index (χ3n) is 2.56. The predicted molar refractivity (Wildman–Crippen MR) is 75.7 cm³/mol. The summed E-state index contributed by atoms with van der Waals surface area (Å²) in [4.78, 5) is 22.1. The second-order valence-electron chi connectivity index (χ2n) is 4.04. The quantitative estimate of drug-likeness (QED) is 0.572. The largest absolute Gasteiger partial charge is 0.468 e. The van der Waals surface area contributed by atoms with Crippen LogP contribution in [-0.4, -0.2) is 30.8 Å². The Balaban J connectivity index is 2.35. The molecule has 0 heterocycles. The van der Waals surface area contributed by atoms with Crippen LogP contribution in [0, 0.1) is 0 Å². The molecule has 0 aromatic heterocycles. The molecule has 0 bridgehead atoms. The molecule has 19 heavy (non-hydrogen) atoms. The van der Waals surface area contributed by atoms with Crippen LogP contribution in [0.2, 0.25) is 0 Å². The lowest BCUT2D eigenvalue weighted by molar-refractivity contribution is -0.142. The SMILES string of the molecule is COC(=O)C(N)CCSCc1cccc(C(N)=O)c1. The van der Waals surface area contributed by atoms with E-state index in [4.69, 9.17) is 11.5 Å². The van der Waals surface area contributed by atoms with Crippen molar-refractivity contribution in [2.75, 3.05) is 12.9 Å². The number of rotatable bonds is 7. The van der Waals surface area contributed by atoms with E-state index in [9.17, 15) is 9.59 Å². The molecule has 104 valence electrons. The van der Waals surface area contributed by atoms with Crippen molar-refractivity contribution in [2.24, 2.45) is 11.5 Å². The van der Waals surface area contributed by atoms with Crippen LogP contribution < -0.4 is 11.5 Å². The summed E-state index contributed by atoms with van der Waals surface area (Å²) in [5, 5.41) is 0. The zero-order valence-corrected chi connectivity index (χ0v) is 11.6. The Kier molecular flexibility index (Phi) is 6.38. The van der Waals surface area contributed by atoms with Crippen LogP contribution >= 0.6 is 11.8 Å². The van der Waals surface area contributed by atoms with Gasteiger partial charge in [-0.1, -0.05) is 12.1 Å². The first-order valence-corrected chi connectivity index (χ1v) is 7.00. The fraction of sp³-hybridized carbons (Fsp3) is 0.385. The van der Waals surface area contributed by atoms with Crippen molar-refractivity contribution in [3.05, 3.63) is 35.4 Å². The first-order valence-electron chi connectivity index (χ1n) is 5.84. The number of carbonyl (C=O) groups excluding carboxylic acids is 2. The van der Waals surface area contributed by atoms with Gasteiger partial charge in [0, 0.05) is 11.3 Å². The minimum atomic E-state index is -0.575. The van der Waals surface area contributed by atoms with Crippen LogP contribution in [0.4, 0.5) is 0 Å². The van der Waals surface area contributed by atoms with E-state index >= 15 is 0 Å². The van der Waals surface area contributed by atoms with Crippen molar-refractivity contribution in [2.45, 2.75) is 18.2 Å². The van der Waals surface area contributed by atoms with Gasteiger partial charge in [-0.15, -0.1) is 0 Å². The molecule has 5 nitrogen and oxygen atoms in total. The molecule has 0 fully saturated rings. The number of thioether (sulfide) groups is 1. The van der Waals surface area contributed by atoms with E-state index in [1.54, 1.807) is 30.0 Å². The third kappa shape index (κ3) is 5.32. The minimum Gasteiger partial charge on any atom is -0.468 e. The summed E-state index contributed by atoms with van der Waals surface area (Å²) >= 11 is 1.64. The molecule has 1 aromatic rings. The maximum atomic E-state index is 11.1. The average Bonchev–Trinajstić information content (AvgIpc) is 2.42. The number of amides is 1. The van der Waals surface area contributed by atoms with Gasteiger partial charge in [-0.2, -0.15) is 11.8 Å². The van der Waals surface area contributed by atoms with Gasteiger partial charge >= 0.3 is 5.97 Å². The van der Waals surface area contributed by atoms with E-state index < -0.39 is 17.9 Å². The Morgan fingerprint density at radius 2 is 2.16 bits per heavy atom. The van der Waals surface area contributed by atoms with Crippen molar-refractivity contribution in [3.8, 4) is 0 Å². The number of carbonyl (C=O) groups is 2. The smallest absolute Gasteiger partial charge is 0.322 e. The Morgan fingerprint density at radius 3 is 2.79 bits per heavy atom. The van der Waals surface area contributed by atoms with Crippen LogP contribution in [0.25, 0.3) is 0 Å². The van der Waals surface area contributed by atoms with Crippen molar-refractivity contribution in [3.63, 3.8) is 0 Å². The van der Waals surface area contributed by atoms with Gasteiger partial charge in [0.05, 0.1) is 7.11 Å². The minimum absolute atomic E-state index is 0.392. The van der Waals surface area contributed by atoms with Crippen molar-refractivity contribution < 1.29 is 14.3 Å². The second-order valence-corrected chi connectivity index (χ2v) is 5.14. The van der Waals surface area contributed by atoms with Crippen LogP contribution in [0.15, 0.2) is 24.3 Å². The lowest BCUT2D eigenvalue weighted by atomic mass is 10.1. The fourth-order valence-corrected chi connectivity index (χ4v) is 2.46. The molecule has 0 saturated heterocycles. The molecule has 1 amide bonds. The van der Waals surface area contributed by atoms with Gasteiger partial charge in [0.25, 0.3) is 0 Å². The number of methoxy groups -OCH3 is 1. The third-order valence-corrected chi connectivity index (χ3v) is 3.62. The van der Waals surface area contributed by atoms with Crippen LogP contribution in [0.1, 0.15) is 22.3 Å². The normalized spacial score (nSPS) is 11.9. The topological polar surface area (TPSA) is 95.4 Å². The highest BCUT2D eigenvalue weighted by atomic mass is 32.2. The van der Waals surface area contributed by atoms with E-state index in [-0.39, 0.29) is 0 Å². The molecular weight excluding hydrogens is 264 g/mol. The van der Waals surface area contributed by atoms with Crippen LogP contribution in [-0.2, 0) is 15.3 Å². The fourth-order valence-electron chi connectivity index (χ4n) is 1.48. The molecule has 1 atom stereocenters. The summed E-state index contributed by atoms with van der Waals surface area (Å²) in [6, 6.07) is 6.61. The molecule has 0 aliphatic carbocycles. The van der Waals surface area contributed by atoms with Crippen molar-refractivity contribution in [1.82, 2.24) is 0 Å². The van der Waals surface area contributed by atoms with E-state index in [2.05, 4.69) is 4.74 Å². The molecule has 0 saturated carbocycles. The highest BCUT2D eigenvalue weighted by Gasteiger charge is 2.12. The lowest BCUT2D eigenvalue weighted by Crippen LogP contribution is -2.31. The summed E-state index contributed by atoms with van der Waals surface area (Å²) in [7, 11) is 1.32. The van der Waals surface area contributed by atoms with E-state index in [1.165, 1.54) is 7.11 Å². The van der Waals surface area contributed by atoms with Crippen LogP contribution in [0.5, 0.6) is 0 Å². The van der Waals surface area contributed by atoms with Gasteiger partial charge in [-0.05, 0) is 29.9 Å². The Bertz CT molecular complexity index is 451. The zero-order valence-electron chi connectivity index (χ0n) is 10.8. The molecule has 0 aliphatic rings. The van der Waals surface area contributed by atoms with E-state index in [1.807, 2.05) is 6.07 Å². The molecule has 0 spiro atoms. The first-order chi connectivity index (χ1) is 9.04. The number of nitrogens with two attached hydrogens (primary N) is 2. The molecule has 6 heteroatoms. The van der Waals surface area contributed by atoms with Crippen LogP contribution in [0.3, 0.4) is 0 Å². The monoisotopic (exact) mass is 282 g/mol. The number of esters is 1. The number of ether oxygens (including phenoxy) is 1. The molecule has 1 rings (SSSR count). The first kappa shape index (κ1) is 15.5. The standard InChI is InChI=1S/C13H18N2O3S/c1-18-13(17)11(14)5-6-19-8-9-3-2-4-10(7-9)12(15)16/h2-4,7,11H,5-6,8,14H2,1H3,(H2,15,16). The predicted octanol–water partition coefficient (Wildman–Crippen LogP) is 0.909. The van der Waals surface area contributed by atoms with Crippen molar-refractivity contribution >= 4 is 23.6 Å².